The van der Waals surface area contributed by atoms with Crippen LogP contribution in [0.2, 0.25) is 0 Å². The zero-order valence-electron chi connectivity index (χ0n) is 12.7. The van der Waals surface area contributed by atoms with Gasteiger partial charge >= 0.3 is 5.97 Å². The first-order chi connectivity index (χ1) is 11.1. The second-order valence-corrected chi connectivity index (χ2v) is 4.73. The summed E-state index contributed by atoms with van der Waals surface area (Å²) in [4.78, 5) is 10.6. The van der Waals surface area contributed by atoms with Gasteiger partial charge in [-0.05, 0) is 48.4 Å². The largest absolute Gasteiger partial charge is 0.490 e. The van der Waals surface area contributed by atoms with E-state index in [0.29, 0.717) is 29.2 Å². The number of halogens is 1. The molecule has 2 aromatic rings. The Morgan fingerprint density at radius 2 is 2.00 bits per heavy atom. The average molecular weight is 316 g/mol. The number of ether oxygens (including phenoxy) is 2. The molecule has 4 nitrogen and oxygen atoms in total. The predicted molar refractivity (Wildman–Crippen MR) is 85.0 cm³/mol. The highest BCUT2D eigenvalue weighted by molar-refractivity contribution is 5.85. The van der Waals surface area contributed by atoms with Crippen LogP contribution in [0.4, 0.5) is 4.39 Å². The zero-order valence-corrected chi connectivity index (χ0v) is 12.7. The summed E-state index contributed by atoms with van der Waals surface area (Å²) in [6.07, 6.45) is 2.53. The molecular formula is C18H17FO4. The Morgan fingerprint density at radius 3 is 2.70 bits per heavy atom. The Hall–Kier alpha value is -2.82. The molecule has 0 unspecified atom stereocenters. The number of carboxylic acids is 1. The number of rotatable bonds is 7. The Balaban J connectivity index is 2.15. The quantitative estimate of drug-likeness (QED) is 0.787. The third-order valence-electron chi connectivity index (χ3n) is 2.97. The number of aliphatic carboxylic acids is 1. The molecule has 23 heavy (non-hydrogen) atoms. The number of carbonyl (C=O) groups is 1. The van der Waals surface area contributed by atoms with Gasteiger partial charge in [0.2, 0.25) is 0 Å². The lowest BCUT2D eigenvalue weighted by atomic mass is 10.2. The Morgan fingerprint density at radius 1 is 1.17 bits per heavy atom. The molecule has 0 aliphatic carbocycles. The molecule has 0 heterocycles. The molecule has 0 aliphatic heterocycles. The number of hydrogen-bond acceptors (Lipinski definition) is 3. The van der Waals surface area contributed by atoms with E-state index in [1.165, 1.54) is 18.2 Å². The van der Waals surface area contributed by atoms with Crippen LogP contribution >= 0.6 is 0 Å². The third-order valence-corrected chi connectivity index (χ3v) is 2.97. The van der Waals surface area contributed by atoms with Crippen LogP contribution in [0.3, 0.4) is 0 Å². The maximum absolute atomic E-state index is 13.2. The van der Waals surface area contributed by atoms with E-state index in [0.717, 1.165) is 6.08 Å². The van der Waals surface area contributed by atoms with Gasteiger partial charge in [0.15, 0.2) is 11.5 Å². The summed E-state index contributed by atoms with van der Waals surface area (Å²) in [5.74, 6) is -0.306. The van der Waals surface area contributed by atoms with Crippen molar-refractivity contribution in [1.82, 2.24) is 0 Å². The summed E-state index contributed by atoms with van der Waals surface area (Å²) < 4.78 is 24.4. The van der Waals surface area contributed by atoms with Crippen molar-refractivity contribution in [2.24, 2.45) is 0 Å². The molecule has 0 atom stereocenters. The Kier molecular flexibility index (Phi) is 5.74. The van der Waals surface area contributed by atoms with Crippen LogP contribution in [0.25, 0.3) is 6.08 Å². The van der Waals surface area contributed by atoms with Gasteiger partial charge in [-0.25, -0.2) is 9.18 Å². The molecule has 120 valence electrons. The SMILES string of the molecule is CCOc1cc(/C=C/C(=O)O)ccc1OCc1cccc(F)c1. The van der Waals surface area contributed by atoms with Crippen LogP contribution in [0.1, 0.15) is 18.1 Å². The molecule has 5 heteroatoms. The number of benzene rings is 2. The fourth-order valence-corrected chi connectivity index (χ4v) is 1.97. The first kappa shape index (κ1) is 16.5. The lowest BCUT2D eigenvalue weighted by molar-refractivity contribution is -0.131. The molecule has 1 N–H and O–H groups in total. The van der Waals surface area contributed by atoms with Crippen molar-refractivity contribution < 1.29 is 23.8 Å². The van der Waals surface area contributed by atoms with Gasteiger partial charge in [0.1, 0.15) is 12.4 Å². The van der Waals surface area contributed by atoms with Crippen LogP contribution in [0.5, 0.6) is 11.5 Å². The molecular weight excluding hydrogens is 299 g/mol. The van der Waals surface area contributed by atoms with Gasteiger partial charge in [-0.2, -0.15) is 0 Å². The van der Waals surface area contributed by atoms with E-state index in [4.69, 9.17) is 14.6 Å². The highest BCUT2D eigenvalue weighted by Crippen LogP contribution is 2.29. The Bertz CT molecular complexity index is 710. The van der Waals surface area contributed by atoms with Crippen molar-refractivity contribution in [3.05, 3.63) is 65.5 Å². The third kappa shape index (κ3) is 5.14. The minimum Gasteiger partial charge on any atom is -0.490 e. The minimum atomic E-state index is -1.02. The standard InChI is InChI=1S/C18H17FO4/c1-2-22-17-11-13(7-9-18(20)21)6-8-16(17)23-12-14-4-3-5-15(19)10-14/h3-11H,2,12H2,1H3,(H,20,21)/b9-7+. The van der Waals surface area contributed by atoms with Crippen LogP contribution in [0.15, 0.2) is 48.5 Å². The summed E-state index contributed by atoms with van der Waals surface area (Å²) in [7, 11) is 0. The van der Waals surface area contributed by atoms with Crippen molar-refractivity contribution in [1.29, 1.82) is 0 Å². The topological polar surface area (TPSA) is 55.8 Å². The van der Waals surface area contributed by atoms with E-state index < -0.39 is 5.97 Å². The fraction of sp³-hybridized carbons (Fsp3) is 0.167. The van der Waals surface area contributed by atoms with Crippen molar-refractivity contribution in [2.45, 2.75) is 13.5 Å². The minimum absolute atomic E-state index is 0.210. The maximum Gasteiger partial charge on any atom is 0.328 e. The highest BCUT2D eigenvalue weighted by Gasteiger charge is 2.07. The monoisotopic (exact) mass is 316 g/mol. The van der Waals surface area contributed by atoms with Crippen LogP contribution in [-0.2, 0) is 11.4 Å². The number of carboxylic acid groups (broad SMARTS) is 1. The molecule has 0 spiro atoms. The first-order valence-corrected chi connectivity index (χ1v) is 7.13. The van der Waals surface area contributed by atoms with Crippen LogP contribution < -0.4 is 9.47 Å². The van der Waals surface area contributed by atoms with E-state index in [1.807, 2.05) is 6.92 Å². The molecule has 0 amide bonds. The summed E-state index contributed by atoms with van der Waals surface area (Å²) in [5.41, 5.74) is 1.40. The molecule has 0 fully saturated rings. The lowest BCUT2D eigenvalue weighted by Crippen LogP contribution is -2.00. The Labute approximate surface area is 133 Å². The lowest BCUT2D eigenvalue weighted by Gasteiger charge is -2.12. The second kappa shape index (κ2) is 7.98. The van der Waals surface area contributed by atoms with E-state index in [1.54, 1.807) is 30.3 Å². The predicted octanol–water partition coefficient (Wildman–Crippen LogP) is 3.90. The molecule has 0 aromatic heterocycles. The molecule has 0 saturated heterocycles. The van der Waals surface area contributed by atoms with Crippen LogP contribution in [-0.4, -0.2) is 17.7 Å². The van der Waals surface area contributed by atoms with Crippen molar-refractivity contribution in [2.75, 3.05) is 6.61 Å². The second-order valence-electron chi connectivity index (χ2n) is 4.73. The van der Waals surface area contributed by atoms with Gasteiger partial charge in [-0.15, -0.1) is 0 Å². The van der Waals surface area contributed by atoms with Gasteiger partial charge in [0.05, 0.1) is 6.61 Å². The van der Waals surface area contributed by atoms with Gasteiger partial charge in [0, 0.05) is 6.08 Å². The van der Waals surface area contributed by atoms with Crippen molar-refractivity contribution >= 4 is 12.0 Å². The van der Waals surface area contributed by atoms with Crippen molar-refractivity contribution in [3.8, 4) is 11.5 Å². The zero-order chi connectivity index (χ0) is 16.7. The summed E-state index contributed by atoms with van der Waals surface area (Å²) in [5, 5.41) is 8.66. The molecule has 2 aromatic carbocycles. The average Bonchev–Trinajstić information content (AvgIpc) is 2.52. The molecule has 0 radical (unpaired) electrons. The van der Waals surface area contributed by atoms with Gasteiger partial charge in [-0.3, -0.25) is 0 Å². The summed E-state index contributed by atoms with van der Waals surface area (Å²) in [6.45, 7) is 2.50. The van der Waals surface area contributed by atoms with Crippen molar-refractivity contribution in [3.63, 3.8) is 0 Å². The van der Waals surface area contributed by atoms with Gasteiger partial charge < -0.3 is 14.6 Å². The maximum atomic E-state index is 13.2. The first-order valence-electron chi connectivity index (χ1n) is 7.13. The van der Waals surface area contributed by atoms with Gasteiger partial charge in [0.25, 0.3) is 0 Å². The van der Waals surface area contributed by atoms with E-state index >= 15 is 0 Å². The summed E-state index contributed by atoms with van der Waals surface area (Å²) in [6, 6.07) is 11.3. The molecule has 0 bridgehead atoms. The number of hydrogen-bond donors (Lipinski definition) is 1. The van der Waals surface area contributed by atoms with Gasteiger partial charge in [-0.1, -0.05) is 18.2 Å². The van der Waals surface area contributed by atoms with E-state index in [9.17, 15) is 9.18 Å². The van der Waals surface area contributed by atoms with E-state index in [2.05, 4.69) is 0 Å². The highest BCUT2D eigenvalue weighted by atomic mass is 19.1. The summed E-state index contributed by atoms with van der Waals surface area (Å²) >= 11 is 0. The van der Waals surface area contributed by atoms with E-state index in [-0.39, 0.29) is 12.4 Å². The normalized spacial score (nSPS) is 10.7. The fourth-order valence-electron chi connectivity index (χ4n) is 1.97. The van der Waals surface area contributed by atoms with Crippen LogP contribution in [0, 0.1) is 5.82 Å². The molecule has 2 rings (SSSR count). The molecule has 0 aliphatic rings. The molecule has 0 saturated carbocycles. The smallest absolute Gasteiger partial charge is 0.328 e.